The van der Waals surface area contributed by atoms with Crippen molar-refractivity contribution in [2.24, 2.45) is 0 Å². The minimum absolute atomic E-state index is 0.149. The van der Waals surface area contributed by atoms with Crippen molar-refractivity contribution in [1.29, 1.82) is 0 Å². The Balaban J connectivity index is 2.17. The molecule has 0 unspecified atom stereocenters. The predicted octanol–water partition coefficient (Wildman–Crippen LogP) is 4.07. The fourth-order valence-electron chi connectivity index (χ4n) is 2.85. The van der Waals surface area contributed by atoms with Crippen LogP contribution in [0.5, 0.6) is 0 Å². The Morgan fingerprint density at radius 1 is 1.19 bits per heavy atom. The number of carbonyl (C=O) groups excluding carboxylic acids is 2. The first-order valence-electron chi connectivity index (χ1n) is 9.29. The monoisotopic (exact) mass is 374 g/mol. The van der Waals surface area contributed by atoms with E-state index in [1.807, 2.05) is 58.9 Å². The topological polar surface area (TPSA) is 71.6 Å². The second-order valence-corrected chi connectivity index (χ2v) is 7.99. The molecule has 0 aliphatic rings. The highest BCUT2D eigenvalue weighted by atomic mass is 16.6. The van der Waals surface area contributed by atoms with E-state index in [0.717, 1.165) is 22.2 Å². The molecule has 0 saturated heterocycles. The van der Waals surface area contributed by atoms with Crippen molar-refractivity contribution in [3.63, 3.8) is 0 Å². The number of aromatic amines is 1. The number of amides is 1. The molecule has 1 heterocycles. The van der Waals surface area contributed by atoms with Crippen LogP contribution in [0.2, 0.25) is 0 Å². The van der Waals surface area contributed by atoms with Crippen molar-refractivity contribution in [2.75, 3.05) is 13.6 Å². The third kappa shape index (κ3) is 6.01. The first-order valence-corrected chi connectivity index (χ1v) is 9.29. The number of hydrogen-bond acceptors (Lipinski definition) is 4. The van der Waals surface area contributed by atoms with Crippen LogP contribution in [0, 0.1) is 0 Å². The molecule has 6 nitrogen and oxygen atoms in total. The molecule has 1 aromatic carbocycles. The SMILES string of the molecule is CC(C)OC(=O)Cc1[nH]c2ccccc2c1CCN(C)C(=O)OC(C)(C)C. The van der Waals surface area contributed by atoms with Gasteiger partial charge in [-0.2, -0.15) is 0 Å². The van der Waals surface area contributed by atoms with Crippen molar-refractivity contribution in [3.8, 4) is 0 Å². The third-order valence-electron chi connectivity index (χ3n) is 3.99. The maximum absolute atomic E-state index is 12.2. The highest BCUT2D eigenvalue weighted by Gasteiger charge is 2.21. The zero-order valence-corrected chi connectivity index (χ0v) is 17.1. The molecular formula is C21H30N2O4. The Kier molecular flexibility index (Phi) is 6.52. The number of aromatic nitrogens is 1. The molecule has 148 valence electrons. The Hall–Kier alpha value is -2.50. The molecule has 0 atom stereocenters. The number of ether oxygens (including phenoxy) is 2. The number of fused-ring (bicyclic) bond motifs is 1. The number of para-hydroxylation sites is 1. The zero-order valence-electron chi connectivity index (χ0n) is 17.1. The quantitative estimate of drug-likeness (QED) is 0.774. The number of rotatable bonds is 6. The molecule has 2 rings (SSSR count). The smallest absolute Gasteiger partial charge is 0.410 e. The van der Waals surface area contributed by atoms with E-state index in [1.165, 1.54) is 0 Å². The summed E-state index contributed by atoms with van der Waals surface area (Å²) in [4.78, 5) is 29.2. The lowest BCUT2D eigenvalue weighted by molar-refractivity contribution is -0.146. The lowest BCUT2D eigenvalue weighted by Crippen LogP contribution is -2.35. The summed E-state index contributed by atoms with van der Waals surface area (Å²) in [5, 5.41) is 1.06. The van der Waals surface area contributed by atoms with Crippen LogP contribution in [0.15, 0.2) is 24.3 Å². The predicted molar refractivity (Wildman–Crippen MR) is 106 cm³/mol. The van der Waals surface area contributed by atoms with Gasteiger partial charge in [0.05, 0.1) is 12.5 Å². The van der Waals surface area contributed by atoms with Gasteiger partial charge in [-0.05, 0) is 52.7 Å². The molecule has 1 aromatic heterocycles. The van der Waals surface area contributed by atoms with Gasteiger partial charge < -0.3 is 19.4 Å². The van der Waals surface area contributed by atoms with Crippen LogP contribution in [-0.4, -0.2) is 47.2 Å². The zero-order chi connectivity index (χ0) is 20.2. The molecular weight excluding hydrogens is 344 g/mol. The molecule has 1 amide bonds. The van der Waals surface area contributed by atoms with Crippen LogP contribution in [0.25, 0.3) is 10.9 Å². The van der Waals surface area contributed by atoms with Gasteiger partial charge in [0.2, 0.25) is 0 Å². The standard InChI is InChI=1S/C21H30N2O4/c1-14(2)26-19(24)13-18-16(15-9-7-8-10-17(15)22-18)11-12-23(6)20(25)27-21(3,4)5/h7-10,14,22H,11-13H2,1-6H3. The number of esters is 1. The normalized spacial score (nSPS) is 11.7. The van der Waals surface area contributed by atoms with Crippen molar-refractivity contribution in [2.45, 2.75) is 59.2 Å². The fourth-order valence-corrected chi connectivity index (χ4v) is 2.85. The highest BCUT2D eigenvalue weighted by molar-refractivity contribution is 5.86. The first kappa shape index (κ1) is 20.8. The maximum atomic E-state index is 12.2. The lowest BCUT2D eigenvalue weighted by atomic mass is 10.1. The molecule has 0 aliphatic heterocycles. The number of carbonyl (C=O) groups is 2. The van der Waals surface area contributed by atoms with Crippen LogP contribution in [0.4, 0.5) is 4.79 Å². The van der Waals surface area contributed by atoms with Crippen molar-refractivity contribution < 1.29 is 19.1 Å². The summed E-state index contributed by atoms with van der Waals surface area (Å²) < 4.78 is 10.7. The molecule has 6 heteroatoms. The summed E-state index contributed by atoms with van der Waals surface area (Å²) in [6.45, 7) is 9.69. The molecule has 0 fully saturated rings. The van der Waals surface area contributed by atoms with Crippen molar-refractivity contribution in [3.05, 3.63) is 35.5 Å². The van der Waals surface area contributed by atoms with E-state index in [1.54, 1.807) is 11.9 Å². The van der Waals surface area contributed by atoms with E-state index in [9.17, 15) is 9.59 Å². The van der Waals surface area contributed by atoms with Gasteiger partial charge in [0, 0.05) is 30.2 Å². The van der Waals surface area contributed by atoms with Crippen LogP contribution < -0.4 is 0 Å². The summed E-state index contributed by atoms with van der Waals surface area (Å²) >= 11 is 0. The van der Waals surface area contributed by atoms with Gasteiger partial charge in [0.15, 0.2) is 0 Å². The summed E-state index contributed by atoms with van der Waals surface area (Å²) in [7, 11) is 1.72. The minimum Gasteiger partial charge on any atom is -0.463 e. The maximum Gasteiger partial charge on any atom is 0.410 e. The Morgan fingerprint density at radius 2 is 1.85 bits per heavy atom. The first-order chi connectivity index (χ1) is 12.6. The van der Waals surface area contributed by atoms with Crippen molar-refractivity contribution in [1.82, 2.24) is 9.88 Å². The van der Waals surface area contributed by atoms with E-state index in [2.05, 4.69) is 4.98 Å². The molecule has 0 saturated carbocycles. The van der Waals surface area contributed by atoms with E-state index < -0.39 is 5.60 Å². The largest absolute Gasteiger partial charge is 0.463 e. The van der Waals surface area contributed by atoms with Crippen LogP contribution >= 0.6 is 0 Å². The van der Waals surface area contributed by atoms with Gasteiger partial charge in [-0.1, -0.05) is 18.2 Å². The second kappa shape index (κ2) is 8.46. The number of nitrogens with zero attached hydrogens (tertiary/aromatic N) is 1. The number of benzene rings is 1. The van der Waals surface area contributed by atoms with E-state index in [4.69, 9.17) is 9.47 Å². The average Bonchev–Trinajstić information content (AvgIpc) is 2.87. The Bertz CT molecular complexity index is 802. The molecule has 1 N–H and O–H groups in total. The Morgan fingerprint density at radius 3 is 2.48 bits per heavy atom. The second-order valence-electron chi connectivity index (χ2n) is 7.99. The number of nitrogens with one attached hydrogen (secondary N) is 1. The summed E-state index contributed by atoms with van der Waals surface area (Å²) in [5.74, 6) is -0.265. The van der Waals surface area contributed by atoms with E-state index >= 15 is 0 Å². The molecule has 0 aliphatic carbocycles. The van der Waals surface area contributed by atoms with Gasteiger partial charge in [-0.15, -0.1) is 0 Å². The average molecular weight is 374 g/mol. The van der Waals surface area contributed by atoms with Crippen LogP contribution in [-0.2, 0) is 27.1 Å². The third-order valence-corrected chi connectivity index (χ3v) is 3.99. The summed E-state index contributed by atoms with van der Waals surface area (Å²) in [5.41, 5.74) is 2.30. The van der Waals surface area contributed by atoms with Crippen LogP contribution in [0.1, 0.15) is 45.9 Å². The van der Waals surface area contributed by atoms with E-state index in [0.29, 0.717) is 13.0 Å². The van der Waals surface area contributed by atoms with Crippen LogP contribution in [0.3, 0.4) is 0 Å². The molecule has 0 spiro atoms. The summed E-state index contributed by atoms with van der Waals surface area (Å²) in [6, 6.07) is 7.92. The number of hydrogen-bond donors (Lipinski definition) is 1. The fraction of sp³-hybridized carbons (Fsp3) is 0.524. The van der Waals surface area contributed by atoms with Crippen molar-refractivity contribution >= 4 is 23.0 Å². The Labute approximate surface area is 160 Å². The van der Waals surface area contributed by atoms with Gasteiger partial charge in [-0.3, -0.25) is 4.79 Å². The molecule has 0 bridgehead atoms. The molecule has 2 aromatic rings. The lowest BCUT2D eigenvalue weighted by Gasteiger charge is -2.24. The van der Waals surface area contributed by atoms with Gasteiger partial charge in [0.25, 0.3) is 0 Å². The minimum atomic E-state index is -0.530. The van der Waals surface area contributed by atoms with Gasteiger partial charge in [-0.25, -0.2) is 4.79 Å². The highest BCUT2D eigenvalue weighted by Crippen LogP contribution is 2.24. The number of H-pyrrole nitrogens is 1. The van der Waals surface area contributed by atoms with Gasteiger partial charge in [0.1, 0.15) is 5.60 Å². The number of likely N-dealkylation sites (N-methyl/N-ethyl adjacent to an activating group) is 1. The molecule has 0 radical (unpaired) electrons. The van der Waals surface area contributed by atoms with Gasteiger partial charge >= 0.3 is 12.1 Å². The molecule has 27 heavy (non-hydrogen) atoms. The summed E-state index contributed by atoms with van der Waals surface area (Å²) in [6.07, 6.45) is 0.286. The van der Waals surface area contributed by atoms with E-state index in [-0.39, 0.29) is 24.6 Å².